The highest BCUT2D eigenvalue weighted by Crippen LogP contribution is 2.21. The van der Waals surface area contributed by atoms with Crippen LogP contribution in [0.15, 0.2) is 60.7 Å². The summed E-state index contributed by atoms with van der Waals surface area (Å²) in [6, 6.07) is 20.9. The molecule has 0 N–H and O–H groups in total. The minimum absolute atomic E-state index is 0.657. The number of para-hydroxylation sites is 2. The van der Waals surface area contributed by atoms with E-state index in [0.29, 0.717) is 6.04 Å². The van der Waals surface area contributed by atoms with Crippen molar-refractivity contribution in [3.05, 3.63) is 60.7 Å². The quantitative estimate of drug-likeness (QED) is 0.579. The van der Waals surface area contributed by atoms with Gasteiger partial charge in [0.1, 0.15) is 24.7 Å². The second-order valence-corrected chi connectivity index (χ2v) is 7.36. The van der Waals surface area contributed by atoms with E-state index in [0.717, 1.165) is 37.8 Å². The highest BCUT2D eigenvalue weighted by molar-refractivity contribution is 5.21. The molecule has 0 saturated heterocycles. The second kappa shape index (κ2) is 11.7. The van der Waals surface area contributed by atoms with Crippen LogP contribution in [-0.2, 0) is 0 Å². The number of hydrogen-bond donors (Lipinski definition) is 0. The molecule has 2 aromatic rings. The van der Waals surface area contributed by atoms with Gasteiger partial charge in [-0.1, -0.05) is 68.5 Å². The average Bonchev–Trinajstić information content (AvgIpc) is 2.69. The summed E-state index contributed by atoms with van der Waals surface area (Å²) in [5.41, 5.74) is 0. The number of benzene rings is 2. The third-order valence-corrected chi connectivity index (χ3v) is 5.37. The third kappa shape index (κ3) is 7.26. The van der Waals surface area contributed by atoms with Crippen LogP contribution in [0.25, 0.3) is 0 Å². The van der Waals surface area contributed by atoms with Crippen LogP contribution in [0.1, 0.15) is 44.9 Å². The van der Waals surface area contributed by atoms with Gasteiger partial charge in [-0.15, -0.1) is 0 Å². The van der Waals surface area contributed by atoms with Gasteiger partial charge >= 0.3 is 0 Å². The summed E-state index contributed by atoms with van der Waals surface area (Å²) in [6.45, 7) is 3.37. The fraction of sp³-hybridized carbons (Fsp3) is 0.500. The monoisotopic (exact) mass is 367 g/mol. The predicted molar refractivity (Wildman–Crippen MR) is 112 cm³/mol. The molecule has 0 amide bonds. The molecular formula is C24H33NO2. The van der Waals surface area contributed by atoms with Crippen molar-refractivity contribution in [2.24, 2.45) is 0 Å². The fourth-order valence-electron chi connectivity index (χ4n) is 3.87. The second-order valence-electron chi connectivity index (χ2n) is 7.36. The molecule has 1 fully saturated rings. The summed E-state index contributed by atoms with van der Waals surface area (Å²) in [5.74, 6) is 1.91. The smallest absolute Gasteiger partial charge is 0.119 e. The summed E-state index contributed by atoms with van der Waals surface area (Å²) in [6.07, 6.45) is 9.46. The van der Waals surface area contributed by atoms with Gasteiger partial charge in [-0.25, -0.2) is 0 Å². The normalized spacial score (nSPS) is 15.9. The van der Waals surface area contributed by atoms with E-state index in [-0.39, 0.29) is 0 Å². The van der Waals surface area contributed by atoms with Crippen molar-refractivity contribution in [2.45, 2.75) is 51.0 Å². The van der Waals surface area contributed by atoms with Crippen molar-refractivity contribution >= 4 is 0 Å². The lowest BCUT2D eigenvalue weighted by molar-refractivity contribution is 0.117. The summed E-state index contributed by atoms with van der Waals surface area (Å²) in [4.78, 5) is 2.59. The van der Waals surface area contributed by atoms with Gasteiger partial charge in [-0.05, 0) is 37.1 Å². The Bertz CT molecular complexity index is 563. The summed E-state index contributed by atoms with van der Waals surface area (Å²) in [5, 5.41) is 0. The first-order chi connectivity index (χ1) is 13.4. The zero-order valence-corrected chi connectivity index (χ0v) is 16.4. The topological polar surface area (TPSA) is 21.7 Å². The SMILES string of the molecule is c1ccc(OCCN(CCOc2ccccc2)C2CCCCCCC2)cc1. The summed E-state index contributed by atoms with van der Waals surface area (Å²) >= 11 is 0. The molecule has 3 heteroatoms. The fourth-order valence-corrected chi connectivity index (χ4v) is 3.87. The highest BCUT2D eigenvalue weighted by Gasteiger charge is 2.19. The lowest BCUT2D eigenvalue weighted by Gasteiger charge is -2.33. The Morgan fingerprint density at radius 2 is 1.07 bits per heavy atom. The molecule has 0 aromatic heterocycles. The lowest BCUT2D eigenvalue weighted by Crippen LogP contribution is -2.41. The molecule has 0 heterocycles. The first-order valence-corrected chi connectivity index (χ1v) is 10.5. The van der Waals surface area contributed by atoms with Gasteiger partial charge in [0.15, 0.2) is 0 Å². The van der Waals surface area contributed by atoms with E-state index < -0.39 is 0 Å². The van der Waals surface area contributed by atoms with Gasteiger partial charge in [0.2, 0.25) is 0 Å². The Morgan fingerprint density at radius 1 is 0.630 bits per heavy atom. The van der Waals surface area contributed by atoms with Gasteiger partial charge in [0, 0.05) is 19.1 Å². The van der Waals surface area contributed by atoms with E-state index in [1.165, 1.54) is 44.9 Å². The minimum Gasteiger partial charge on any atom is -0.492 e. The van der Waals surface area contributed by atoms with Gasteiger partial charge in [-0.2, -0.15) is 0 Å². The van der Waals surface area contributed by atoms with Crippen LogP contribution in [0.4, 0.5) is 0 Å². The first-order valence-electron chi connectivity index (χ1n) is 10.5. The van der Waals surface area contributed by atoms with Gasteiger partial charge in [0.05, 0.1) is 0 Å². The first kappa shape index (κ1) is 19.8. The number of rotatable bonds is 9. The molecular weight excluding hydrogens is 334 g/mol. The average molecular weight is 368 g/mol. The number of ether oxygens (including phenoxy) is 2. The standard InChI is InChI=1S/C24H33NO2/c1-2-6-12-22(13-7-3-1)25(18-20-26-23-14-8-4-9-15-23)19-21-27-24-16-10-5-11-17-24/h4-5,8-11,14-17,22H,1-3,6-7,12-13,18-21H2. The molecule has 1 aliphatic carbocycles. The summed E-state index contributed by atoms with van der Waals surface area (Å²) < 4.78 is 11.9. The van der Waals surface area contributed by atoms with Crippen LogP contribution < -0.4 is 9.47 Å². The lowest BCUT2D eigenvalue weighted by atomic mass is 9.95. The zero-order valence-electron chi connectivity index (χ0n) is 16.4. The van der Waals surface area contributed by atoms with Crippen LogP contribution in [-0.4, -0.2) is 37.2 Å². The van der Waals surface area contributed by atoms with Gasteiger partial charge in [-0.3, -0.25) is 4.90 Å². The van der Waals surface area contributed by atoms with E-state index in [1.54, 1.807) is 0 Å². The number of nitrogens with zero attached hydrogens (tertiary/aromatic N) is 1. The van der Waals surface area contributed by atoms with Crippen LogP contribution in [0.5, 0.6) is 11.5 Å². The molecule has 3 rings (SSSR count). The van der Waals surface area contributed by atoms with Crippen LogP contribution in [0.3, 0.4) is 0 Å². The largest absolute Gasteiger partial charge is 0.492 e. The molecule has 0 aliphatic heterocycles. The van der Waals surface area contributed by atoms with Gasteiger partial charge in [0.25, 0.3) is 0 Å². The predicted octanol–water partition coefficient (Wildman–Crippen LogP) is 5.56. The Hall–Kier alpha value is -2.00. The van der Waals surface area contributed by atoms with E-state index in [1.807, 2.05) is 60.7 Å². The Morgan fingerprint density at radius 3 is 1.56 bits per heavy atom. The van der Waals surface area contributed by atoms with Crippen molar-refractivity contribution in [3.63, 3.8) is 0 Å². The maximum Gasteiger partial charge on any atom is 0.119 e. The number of hydrogen-bond acceptors (Lipinski definition) is 3. The molecule has 27 heavy (non-hydrogen) atoms. The van der Waals surface area contributed by atoms with Crippen molar-refractivity contribution < 1.29 is 9.47 Å². The van der Waals surface area contributed by atoms with Crippen molar-refractivity contribution in [1.82, 2.24) is 4.90 Å². The van der Waals surface area contributed by atoms with Gasteiger partial charge < -0.3 is 9.47 Å². The van der Waals surface area contributed by atoms with E-state index in [2.05, 4.69) is 4.90 Å². The molecule has 1 aliphatic rings. The Balaban J connectivity index is 1.51. The molecule has 0 spiro atoms. The molecule has 0 bridgehead atoms. The highest BCUT2D eigenvalue weighted by atomic mass is 16.5. The van der Waals surface area contributed by atoms with E-state index >= 15 is 0 Å². The minimum atomic E-state index is 0.657. The van der Waals surface area contributed by atoms with Crippen molar-refractivity contribution in [3.8, 4) is 11.5 Å². The molecule has 2 aromatic carbocycles. The molecule has 0 radical (unpaired) electrons. The van der Waals surface area contributed by atoms with Crippen LogP contribution in [0.2, 0.25) is 0 Å². The van der Waals surface area contributed by atoms with Crippen LogP contribution >= 0.6 is 0 Å². The van der Waals surface area contributed by atoms with Crippen molar-refractivity contribution in [1.29, 1.82) is 0 Å². The zero-order chi connectivity index (χ0) is 18.6. The Kier molecular flexibility index (Phi) is 8.53. The maximum atomic E-state index is 5.97. The maximum absolute atomic E-state index is 5.97. The van der Waals surface area contributed by atoms with E-state index in [9.17, 15) is 0 Å². The molecule has 3 nitrogen and oxygen atoms in total. The summed E-state index contributed by atoms with van der Waals surface area (Å²) in [7, 11) is 0. The van der Waals surface area contributed by atoms with Crippen molar-refractivity contribution in [2.75, 3.05) is 26.3 Å². The molecule has 1 saturated carbocycles. The molecule has 0 atom stereocenters. The van der Waals surface area contributed by atoms with Crippen LogP contribution in [0, 0.1) is 0 Å². The van der Waals surface area contributed by atoms with E-state index in [4.69, 9.17) is 9.47 Å². The molecule has 146 valence electrons. The molecule has 0 unspecified atom stereocenters. The third-order valence-electron chi connectivity index (χ3n) is 5.37. The Labute approximate surface area is 164 Å².